The zero-order valence-electron chi connectivity index (χ0n) is 10.2. The van der Waals surface area contributed by atoms with E-state index in [4.69, 9.17) is 9.47 Å². The maximum Gasteiger partial charge on any atom is 0.126 e. The molecular weight excluding hydrogens is 242 g/mol. The molecule has 1 fully saturated rings. The molecule has 2 rings (SSSR count). The fraction of sp³-hybridized carbons (Fsp3) is 0.538. The van der Waals surface area contributed by atoms with Crippen LogP contribution in [0.2, 0.25) is 0 Å². The Bertz CT molecular complexity index is 396. The molecule has 0 radical (unpaired) electrons. The number of benzene rings is 1. The Balaban J connectivity index is 2.30. The molecule has 1 saturated heterocycles. The summed E-state index contributed by atoms with van der Waals surface area (Å²) in [4.78, 5) is 0. The van der Waals surface area contributed by atoms with Crippen LogP contribution in [-0.2, 0) is 9.47 Å². The third kappa shape index (κ3) is 2.53. The Labute approximate surface area is 104 Å². The van der Waals surface area contributed by atoms with Gasteiger partial charge in [-0.25, -0.2) is 8.78 Å². The Hall–Kier alpha value is -1.04. The van der Waals surface area contributed by atoms with E-state index in [2.05, 4.69) is 0 Å². The summed E-state index contributed by atoms with van der Waals surface area (Å²) in [6.45, 7) is 0.922. The van der Waals surface area contributed by atoms with E-state index in [-0.39, 0.29) is 5.56 Å². The van der Waals surface area contributed by atoms with Gasteiger partial charge in [-0.1, -0.05) is 0 Å². The van der Waals surface area contributed by atoms with Crippen LogP contribution in [0.4, 0.5) is 8.78 Å². The highest BCUT2D eigenvalue weighted by molar-refractivity contribution is 5.23. The highest BCUT2D eigenvalue weighted by atomic mass is 19.1. The normalized spacial score (nSPS) is 20.7. The molecule has 0 aliphatic carbocycles. The van der Waals surface area contributed by atoms with Gasteiger partial charge < -0.3 is 14.6 Å². The fourth-order valence-electron chi connectivity index (χ4n) is 2.34. The summed E-state index contributed by atoms with van der Waals surface area (Å²) < 4.78 is 37.0. The van der Waals surface area contributed by atoms with Crippen LogP contribution in [0.5, 0.6) is 0 Å². The summed E-state index contributed by atoms with van der Waals surface area (Å²) in [7, 11) is 1.49. The molecule has 100 valence electrons. The minimum Gasteiger partial charge on any atom is -0.385 e. The number of halogens is 2. The quantitative estimate of drug-likeness (QED) is 0.903. The van der Waals surface area contributed by atoms with E-state index in [1.54, 1.807) is 0 Å². The molecule has 1 aromatic carbocycles. The van der Waals surface area contributed by atoms with Crippen LogP contribution < -0.4 is 0 Å². The van der Waals surface area contributed by atoms with Crippen molar-refractivity contribution in [2.75, 3.05) is 20.3 Å². The number of rotatable bonds is 3. The van der Waals surface area contributed by atoms with Gasteiger partial charge in [0, 0.05) is 39.2 Å². The van der Waals surface area contributed by atoms with Crippen molar-refractivity contribution in [1.29, 1.82) is 0 Å². The second kappa shape index (κ2) is 5.30. The third-order valence-electron chi connectivity index (χ3n) is 3.44. The Kier molecular flexibility index (Phi) is 3.94. The molecule has 18 heavy (non-hydrogen) atoms. The lowest BCUT2D eigenvalue weighted by Gasteiger charge is -2.39. The second-order valence-electron chi connectivity index (χ2n) is 4.49. The molecule has 1 unspecified atom stereocenters. The van der Waals surface area contributed by atoms with Crippen molar-refractivity contribution >= 4 is 0 Å². The minimum atomic E-state index is -1.07. The van der Waals surface area contributed by atoms with E-state index in [1.165, 1.54) is 7.11 Å². The van der Waals surface area contributed by atoms with Crippen LogP contribution in [-0.4, -0.2) is 31.0 Å². The summed E-state index contributed by atoms with van der Waals surface area (Å²) >= 11 is 0. The minimum absolute atomic E-state index is 0.191. The lowest BCUT2D eigenvalue weighted by Crippen LogP contribution is -2.43. The summed E-state index contributed by atoms with van der Waals surface area (Å²) in [5.41, 5.74) is -0.644. The van der Waals surface area contributed by atoms with Crippen LogP contribution in [0.15, 0.2) is 18.2 Å². The van der Waals surface area contributed by atoms with Crippen molar-refractivity contribution in [1.82, 2.24) is 0 Å². The Morgan fingerprint density at radius 3 is 2.28 bits per heavy atom. The van der Waals surface area contributed by atoms with E-state index in [9.17, 15) is 13.9 Å². The molecule has 5 heteroatoms. The fourth-order valence-corrected chi connectivity index (χ4v) is 2.34. The van der Waals surface area contributed by atoms with Crippen molar-refractivity contribution in [3.8, 4) is 0 Å². The first-order valence-corrected chi connectivity index (χ1v) is 5.84. The van der Waals surface area contributed by atoms with Crippen molar-refractivity contribution in [3.63, 3.8) is 0 Å². The lowest BCUT2D eigenvalue weighted by molar-refractivity contribution is -0.154. The van der Waals surface area contributed by atoms with E-state index < -0.39 is 23.3 Å². The number of ether oxygens (including phenoxy) is 2. The molecule has 3 nitrogen and oxygen atoms in total. The van der Waals surface area contributed by atoms with Crippen LogP contribution >= 0.6 is 0 Å². The molecule has 1 heterocycles. The highest BCUT2D eigenvalue weighted by Gasteiger charge is 2.40. The zero-order chi connectivity index (χ0) is 13.2. The topological polar surface area (TPSA) is 38.7 Å². The van der Waals surface area contributed by atoms with Gasteiger partial charge in [-0.15, -0.1) is 0 Å². The molecule has 0 amide bonds. The predicted molar refractivity (Wildman–Crippen MR) is 61.1 cm³/mol. The van der Waals surface area contributed by atoms with Gasteiger partial charge in [0.2, 0.25) is 0 Å². The molecule has 1 aromatic rings. The molecule has 1 N–H and O–H groups in total. The average Bonchev–Trinajstić information content (AvgIpc) is 2.37. The first kappa shape index (κ1) is 13.4. The van der Waals surface area contributed by atoms with Crippen LogP contribution in [0, 0.1) is 11.6 Å². The standard InChI is InChI=1S/C13H16F2O3/c1-17-13(2-4-18-5-3-13)12(16)9-6-10(14)8-11(15)7-9/h6-8,12,16H,2-5H2,1H3. The van der Waals surface area contributed by atoms with Crippen molar-refractivity contribution in [2.24, 2.45) is 0 Å². The molecule has 1 atom stereocenters. The zero-order valence-corrected chi connectivity index (χ0v) is 10.2. The van der Waals surface area contributed by atoms with Crippen molar-refractivity contribution < 1.29 is 23.4 Å². The summed E-state index contributed by atoms with van der Waals surface area (Å²) in [6.07, 6.45) is -0.0948. The Morgan fingerprint density at radius 1 is 1.22 bits per heavy atom. The predicted octanol–water partition coefficient (Wildman–Crippen LogP) is 2.19. The maximum absolute atomic E-state index is 13.2. The van der Waals surface area contributed by atoms with Gasteiger partial charge in [0.05, 0.1) is 0 Å². The summed E-state index contributed by atoms with van der Waals surface area (Å²) in [6, 6.07) is 3.04. The number of hydrogen-bond donors (Lipinski definition) is 1. The number of methoxy groups -OCH3 is 1. The van der Waals surface area contributed by atoms with Crippen LogP contribution in [0.25, 0.3) is 0 Å². The molecule has 0 bridgehead atoms. The second-order valence-corrected chi connectivity index (χ2v) is 4.49. The van der Waals surface area contributed by atoms with E-state index in [0.717, 1.165) is 18.2 Å². The lowest BCUT2D eigenvalue weighted by atomic mass is 9.84. The number of hydrogen-bond acceptors (Lipinski definition) is 3. The summed E-state index contributed by atoms with van der Waals surface area (Å²) in [5, 5.41) is 10.3. The molecule has 1 aliphatic rings. The number of aliphatic hydroxyl groups excluding tert-OH is 1. The van der Waals surface area contributed by atoms with Gasteiger partial charge >= 0.3 is 0 Å². The largest absolute Gasteiger partial charge is 0.385 e. The van der Waals surface area contributed by atoms with E-state index >= 15 is 0 Å². The first-order chi connectivity index (χ1) is 8.57. The van der Waals surface area contributed by atoms with Gasteiger partial charge in [0.1, 0.15) is 23.3 Å². The molecule has 0 saturated carbocycles. The van der Waals surface area contributed by atoms with E-state index in [0.29, 0.717) is 26.1 Å². The van der Waals surface area contributed by atoms with Gasteiger partial charge in [-0.05, 0) is 17.7 Å². The maximum atomic E-state index is 13.2. The van der Waals surface area contributed by atoms with E-state index in [1.807, 2.05) is 0 Å². The highest BCUT2D eigenvalue weighted by Crippen LogP contribution is 2.37. The van der Waals surface area contributed by atoms with Crippen molar-refractivity contribution in [2.45, 2.75) is 24.5 Å². The van der Waals surface area contributed by atoms with Gasteiger partial charge in [-0.3, -0.25) is 0 Å². The Morgan fingerprint density at radius 2 is 1.78 bits per heavy atom. The third-order valence-corrected chi connectivity index (χ3v) is 3.44. The van der Waals surface area contributed by atoms with Gasteiger partial charge in [0.15, 0.2) is 0 Å². The number of aliphatic hydroxyl groups is 1. The molecule has 0 spiro atoms. The molecule has 0 aromatic heterocycles. The molecule has 1 aliphatic heterocycles. The van der Waals surface area contributed by atoms with Crippen LogP contribution in [0.3, 0.4) is 0 Å². The van der Waals surface area contributed by atoms with Crippen molar-refractivity contribution in [3.05, 3.63) is 35.4 Å². The van der Waals surface area contributed by atoms with Gasteiger partial charge in [0.25, 0.3) is 0 Å². The SMILES string of the molecule is COC1(C(O)c2cc(F)cc(F)c2)CCOCC1. The van der Waals surface area contributed by atoms with Crippen LogP contribution in [0.1, 0.15) is 24.5 Å². The van der Waals surface area contributed by atoms with Gasteiger partial charge in [-0.2, -0.15) is 0 Å². The monoisotopic (exact) mass is 258 g/mol. The summed E-state index contributed by atoms with van der Waals surface area (Å²) in [5.74, 6) is -1.41. The smallest absolute Gasteiger partial charge is 0.126 e. The molecular formula is C13H16F2O3. The average molecular weight is 258 g/mol. The first-order valence-electron chi connectivity index (χ1n) is 5.84.